The average Bonchev–Trinajstić information content (AvgIpc) is 3.34. The zero-order valence-electron chi connectivity index (χ0n) is 22.4. The molecule has 202 valence electrons. The number of aromatic nitrogens is 1. The van der Waals surface area contributed by atoms with Crippen LogP contribution < -0.4 is 16.0 Å². The van der Waals surface area contributed by atoms with Gasteiger partial charge in [0.25, 0.3) is 5.91 Å². The highest BCUT2D eigenvalue weighted by Crippen LogP contribution is 2.35. The second-order valence-corrected chi connectivity index (χ2v) is 9.16. The summed E-state index contributed by atoms with van der Waals surface area (Å²) in [5.41, 5.74) is 6.42. The Morgan fingerprint density at radius 1 is 1.00 bits per heavy atom. The molecule has 0 fully saturated rings. The van der Waals surface area contributed by atoms with E-state index in [1.54, 1.807) is 0 Å². The molecule has 4 N–H and O–H groups in total. The van der Waals surface area contributed by atoms with Gasteiger partial charge in [0.1, 0.15) is 0 Å². The van der Waals surface area contributed by atoms with Gasteiger partial charge in [-0.05, 0) is 50.1 Å². The number of anilines is 1. The fourth-order valence-electron chi connectivity index (χ4n) is 4.53. The summed E-state index contributed by atoms with van der Waals surface area (Å²) in [5.74, 6) is -0.0994. The average molecular weight is 513 g/mol. The summed E-state index contributed by atoms with van der Waals surface area (Å²) in [6.07, 6.45) is 2.27. The van der Waals surface area contributed by atoms with E-state index in [1.165, 1.54) is 0 Å². The number of rotatable bonds is 16. The fourth-order valence-corrected chi connectivity index (χ4v) is 4.53. The highest BCUT2D eigenvalue weighted by Gasteiger charge is 2.25. The molecule has 1 aromatic carbocycles. The molecule has 1 aliphatic rings. The summed E-state index contributed by atoms with van der Waals surface area (Å²) in [6.45, 7) is 10.6. The van der Waals surface area contributed by atoms with Crippen molar-refractivity contribution < 1.29 is 23.8 Å². The van der Waals surface area contributed by atoms with Gasteiger partial charge in [0, 0.05) is 42.1 Å². The van der Waals surface area contributed by atoms with Crippen LogP contribution in [0.5, 0.6) is 0 Å². The topological polar surface area (TPSA) is 114 Å². The van der Waals surface area contributed by atoms with Gasteiger partial charge in [0.2, 0.25) is 5.91 Å². The lowest BCUT2D eigenvalue weighted by atomic mass is 9.93. The molecule has 0 radical (unpaired) electrons. The number of amides is 2. The number of carbonyl (C=O) groups is 2. The second kappa shape index (κ2) is 14.7. The second-order valence-electron chi connectivity index (χ2n) is 9.16. The maximum atomic E-state index is 12.5. The number of aromatic amines is 1. The molecular formula is C28H40N4O5. The number of aryl methyl sites for hydroxylation is 1. The maximum Gasteiger partial charge on any atom is 0.256 e. The minimum Gasteiger partial charge on any atom is -0.378 e. The molecule has 9 nitrogen and oxygen atoms in total. The van der Waals surface area contributed by atoms with Crippen LogP contribution in [0.1, 0.15) is 47.3 Å². The lowest BCUT2D eigenvalue weighted by Gasteiger charge is -2.13. The molecule has 2 amide bonds. The smallest absolute Gasteiger partial charge is 0.256 e. The van der Waals surface area contributed by atoms with Gasteiger partial charge in [-0.1, -0.05) is 25.1 Å². The number of likely N-dealkylation sites (N-methyl/N-ethyl adjacent to an activating group) is 1. The molecule has 1 unspecified atom stereocenters. The Morgan fingerprint density at radius 3 is 2.35 bits per heavy atom. The Labute approximate surface area is 219 Å². The summed E-state index contributed by atoms with van der Waals surface area (Å²) in [5, 5.41) is 8.85. The summed E-state index contributed by atoms with van der Waals surface area (Å²) in [4.78, 5) is 28.4. The van der Waals surface area contributed by atoms with Crippen LogP contribution in [0.2, 0.25) is 0 Å². The van der Waals surface area contributed by atoms with E-state index >= 15 is 0 Å². The van der Waals surface area contributed by atoms with Crippen LogP contribution >= 0.6 is 0 Å². The first kappa shape index (κ1) is 28.6. The van der Waals surface area contributed by atoms with Crippen LogP contribution in [-0.2, 0) is 23.8 Å². The molecule has 2 aromatic rings. The monoisotopic (exact) mass is 512 g/mol. The number of ether oxygens (including phenoxy) is 3. The number of fused-ring (bicyclic) bond motifs is 1. The summed E-state index contributed by atoms with van der Waals surface area (Å²) < 4.78 is 16.3. The van der Waals surface area contributed by atoms with Crippen molar-refractivity contribution in [2.75, 3.05) is 65.1 Å². The molecule has 9 heteroatoms. The maximum absolute atomic E-state index is 12.5. The third kappa shape index (κ3) is 8.26. The normalized spacial score (nSPS) is 14.6. The molecule has 2 heterocycles. The standard InChI is InChI=1S/C28H40N4O5/c1-19(17-26(33)30-10-12-36-14-16-37-15-13-35-11-9-29-4)27-20(2)25(31-21(27)3)18-23-22-7-5-6-8-24(22)32-28(23)34/h5-8,18-19,29,31H,9-17H2,1-4H3,(H,30,33)(H,32,34). The van der Waals surface area contributed by atoms with Crippen molar-refractivity contribution in [3.63, 3.8) is 0 Å². The summed E-state index contributed by atoms with van der Waals surface area (Å²) >= 11 is 0. The molecule has 0 bridgehead atoms. The number of hydrogen-bond acceptors (Lipinski definition) is 6. The molecule has 1 aliphatic heterocycles. The molecular weight excluding hydrogens is 472 g/mol. The van der Waals surface area contributed by atoms with Crippen molar-refractivity contribution in [1.82, 2.24) is 15.6 Å². The first-order valence-corrected chi connectivity index (χ1v) is 12.9. The quantitative estimate of drug-likeness (QED) is 0.203. The molecule has 0 saturated carbocycles. The third-order valence-corrected chi connectivity index (χ3v) is 6.33. The van der Waals surface area contributed by atoms with Crippen LogP contribution in [0.15, 0.2) is 24.3 Å². The Balaban J connectivity index is 1.40. The van der Waals surface area contributed by atoms with E-state index in [4.69, 9.17) is 14.2 Å². The predicted molar refractivity (Wildman–Crippen MR) is 146 cm³/mol. The largest absolute Gasteiger partial charge is 0.378 e. The van der Waals surface area contributed by atoms with Gasteiger partial charge >= 0.3 is 0 Å². The number of carbonyl (C=O) groups excluding carboxylic acids is 2. The first-order chi connectivity index (χ1) is 17.9. The Morgan fingerprint density at radius 2 is 1.65 bits per heavy atom. The number of benzene rings is 1. The van der Waals surface area contributed by atoms with Crippen molar-refractivity contribution >= 4 is 29.2 Å². The van der Waals surface area contributed by atoms with Crippen LogP contribution in [0.3, 0.4) is 0 Å². The minimum absolute atomic E-state index is 0.0185. The Hall–Kier alpha value is -2.98. The van der Waals surface area contributed by atoms with E-state index in [0.29, 0.717) is 58.2 Å². The summed E-state index contributed by atoms with van der Waals surface area (Å²) in [7, 11) is 1.89. The van der Waals surface area contributed by atoms with Crippen molar-refractivity contribution in [2.45, 2.75) is 33.1 Å². The van der Waals surface area contributed by atoms with Gasteiger partial charge in [-0.25, -0.2) is 0 Å². The van der Waals surface area contributed by atoms with E-state index in [-0.39, 0.29) is 17.7 Å². The molecule has 1 aromatic heterocycles. The van der Waals surface area contributed by atoms with Gasteiger partial charge in [-0.2, -0.15) is 0 Å². The van der Waals surface area contributed by atoms with Crippen LogP contribution in [-0.4, -0.2) is 76.6 Å². The minimum atomic E-state index is -0.107. The van der Waals surface area contributed by atoms with E-state index in [0.717, 1.165) is 40.3 Å². The van der Waals surface area contributed by atoms with E-state index in [9.17, 15) is 9.59 Å². The molecule has 3 rings (SSSR count). The van der Waals surface area contributed by atoms with Crippen molar-refractivity contribution in [1.29, 1.82) is 0 Å². The fraction of sp³-hybridized carbons (Fsp3) is 0.500. The number of para-hydroxylation sites is 1. The molecule has 0 saturated heterocycles. The van der Waals surface area contributed by atoms with Gasteiger partial charge in [0.05, 0.1) is 45.2 Å². The van der Waals surface area contributed by atoms with Crippen LogP contribution in [0.4, 0.5) is 5.69 Å². The van der Waals surface area contributed by atoms with Crippen LogP contribution in [0.25, 0.3) is 11.6 Å². The third-order valence-electron chi connectivity index (χ3n) is 6.33. The SMILES string of the molecule is CNCCOCCOCCOCCNC(=O)CC(C)c1c(C)[nH]c(C=C2C(=O)Nc3ccccc32)c1C. The zero-order chi connectivity index (χ0) is 26.6. The number of nitrogens with one attached hydrogen (secondary N) is 4. The number of H-pyrrole nitrogens is 1. The predicted octanol–water partition coefficient (Wildman–Crippen LogP) is 3.00. The molecule has 37 heavy (non-hydrogen) atoms. The highest BCUT2D eigenvalue weighted by atomic mass is 16.5. The Kier molecular flexibility index (Phi) is 11.3. The van der Waals surface area contributed by atoms with E-state index < -0.39 is 0 Å². The lowest BCUT2D eigenvalue weighted by Crippen LogP contribution is -2.28. The first-order valence-electron chi connectivity index (χ1n) is 12.9. The van der Waals surface area contributed by atoms with E-state index in [1.807, 2.05) is 58.2 Å². The molecule has 0 spiro atoms. The lowest BCUT2D eigenvalue weighted by molar-refractivity contribution is -0.121. The molecule has 1 atom stereocenters. The highest BCUT2D eigenvalue weighted by molar-refractivity contribution is 6.34. The Bertz CT molecular complexity index is 1080. The van der Waals surface area contributed by atoms with Crippen LogP contribution in [0, 0.1) is 13.8 Å². The van der Waals surface area contributed by atoms with Gasteiger partial charge in [0.15, 0.2) is 0 Å². The zero-order valence-corrected chi connectivity index (χ0v) is 22.4. The van der Waals surface area contributed by atoms with E-state index in [2.05, 4.69) is 20.9 Å². The van der Waals surface area contributed by atoms with Crippen molar-refractivity contribution in [2.24, 2.45) is 0 Å². The van der Waals surface area contributed by atoms with Crippen molar-refractivity contribution in [3.8, 4) is 0 Å². The van der Waals surface area contributed by atoms with Crippen molar-refractivity contribution in [3.05, 3.63) is 52.3 Å². The van der Waals surface area contributed by atoms with Gasteiger partial charge < -0.3 is 35.1 Å². The number of hydrogen-bond donors (Lipinski definition) is 4. The van der Waals surface area contributed by atoms with Gasteiger partial charge in [-0.15, -0.1) is 0 Å². The summed E-state index contributed by atoms with van der Waals surface area (Å²) in [6, 6.07) is 7.67. The molecule has 0 aliphatic carbocycles. The van der Waals surface area contributed by atoms with Gasteiger partial charge in [-0.3, -0.25) is 9.59 Å².